The number of rotatable bonds is 5. The van der Waals surface area contributed by atoms with Gasteiger partial charge < -0.3 is 4.74 Å². The van der Waals surface area contributed by atoms with Crippen LogP contribution in [0.25, 0.3) is 0 Å². The van der Waals surface area contributed by atoms with Crippen molar-refractivity contribution in [3.63, 3.8) is 0 Å². The third-order valence-corrected chi connectivity index (χ3v) is 7.04. The normalized spacial score (nSPS) is 34.3. The van der Waals surface area contributed by atoms with Crippen LogP contribution >= 0.6 is 0 Å². The lowest BCUT2D eigenvalue weighted by atomic mass is 9.90. The molecular weight excluding hydrogens is 288 g/mol. The van der Waals surface area contributed by atoms with Crippen LogP contribution in [0, 0.1) is 11.8 Å². The molecule has 0 bridgehead atoms. The summed E-state index contributed by atoms with van der Waals surface area (Å²) in [5.41, 5.74) is 0. The van der Waals surface area contributed by atoms with Gasteiger partial charge in [-0.15, -0.1) is 0 Å². The van der Waals surface area contributed by atoms with Crippen molar-refractivity contribution in [2.24, 2.45) is 11.8 Å². The number of sulfonamides is 1. The second-order valence-electron chi connectivity index (χ2n) is 7.03. The molecule has 0 aromatic rings. The van der Waals surface area contributed by atoms with Gasteiger partial charge in [-0.05, 0) is 45.1 Å². The Balaban J connectivity index is 1.57. The molecule has 0 N–H and O–H groups in total. The van der Waals surface area contributed by atoms with Gasteiger partial charge in [0.25, 0.3) is 0 Å². The van der Waals surface area contributed by atoms with E-state index in [1.54, 1.807) is 4.31 Å². The maximum atomic E-state index is 12.4. The number of hydrogen-bond donors (Lipinski definition) is 0. The Morgan fingerprint density at radius 1 is 1.19 bits per heavy atom. The lowest BCUT2D eigenvalue weighted by Gasteiger charge is -2.33. The molecule has 0 radical (unpaired) electrons. The summed E-state index contributed by atoms with van der Waals surface area (Å²) in [5, 5.41) is 0. The van der Waals surface area contributed by atoms with Crippen molar-refractivity contribution in [3.8, 4) is 0 Å². The average Bonchev–Trinajstić information content (AvgIpc) is 2.95. The molecule has 3 saturated heterocycles. The molecule has 5 nitrogen and oxygen atoms in total. The van der Waals surface area contributed by atoms with Gasteiger partial charge in [0.2, 0.25) is 10.0 Å². The lowest BCUT2D eigenvalue weighted by molar-refractivity contribution is 0.0906. The molecule has 0 saturated carbocycles. The predicted octanol–water partition coefficient (Wildman–Crippen LogP) is 1.16. The molecule has 6 heteroatoms. The van der Waals surface area contributed by atoms with Crippen molar-refractivity contribution in [3.05, 3.63) is 0 Å². The van der Waals surface area contributed by atoms with Gasteiger partial charge in [0.15, 0.2) is 0 Å². The minimum Gasteiger partial charge on any atom is -0.378 e. The zero-order chi connectivity index (χ0) is 15.0. The SMILES string of the molecule is CC(C)OCCS(=O)(=O)N1CC2CN3CCCCC3C2C1. The van der Waals surface area contributed by atoms with Gasteiger partial charge in [-0.1, -0.05) is 6.42 Å². The molecular formula is C15H28N2O3S. The minimum atomic E-state index is -3.15. The van der Waals surface area contributed by atoms with Crippen LogP contribution in [0.1, 0.15) is 33.1 Å². The van der Waals surface area contributed by atoms with E-state index >= 15 is 0 Å². The highest BCUT2D eigenvalue weighted by Gasteiger charge is 2.49. The second-order valence-corrected chi connectivity index (χ2v) is 9.12. The van der Waals surface area contributed by atoms with E-state index < -0.39 is 10.0 Å². The van der Waals surface area contributed by atoms with Gasteiger partial charge in [0.05, 0.1) is 18.5 Å². The van der Waals surface area contributed by atoms with Gasteiger partial charge in [0, 0.05) is 25.7 Å². The van der Waals surface area contributed by atoms with E-state index in [-0.39, 0.29) is 11.9 Å². The number of nitrogens with zero attached hydrogens (tertiary/aromatic N) is 2. The largest absolute Gasteiger partial charge is 0.378 e. The highest BCUT2D eigenvalue weighted by molar-refractivity contribution is 7.89. The fourth-order valence-electron chi connectivity index (χ4n) is 4.26. The van der Waals surface area contributed by atoms with Crippen molar-refractivity contribution in [2.45, 2.75) is 45.3 Å². The van der Waals surface area contributed by atoms with E-state index in [2.05, 4.69) is 4.90 Å². The molecule has 0 aliphatic carbocycles. The predicted molar refractivity (Wildman–Crippen MR) is 82.6 cm³/mol. The van der Waals surface area contributed by atoms with Crippen LogP contribution in [0.2, 0.25) is 0 Å². The standard InChI is InChI=1S/C15H28N2O3S/c1-12(2)20-7-8-21(18,19)17-10-13-9-16-6-4-3-5-15(16)14(13)11-17/h12-15H,3-11H2,1-2H3. The topological polar surface area (TPSA) is 49.9 Å². The van der Waals surface area contributed by atoms with Gasteiger partial charge in [-0.3, -0.25) is 4.90 Å². The Morgan fingerprint density at radius 2 is 2.00 bits per heavy atom. The van der Waals surface area contributed by atoms with Gasteiger partial charge in [0.1, 0.15) is 0 Å². The smallest absolute Gasteiger partial charge is 0.216 e. The molecule has 0 aromatic carbocycles. The monoisotopic (exact) mass is 316 g/mol. The summed E-state index contributed by atoms with van der Waals surface area (Å²) in [7, 11) is -3.15. The highest BCUT2D eigenvalue weighted by Crippen LogP contribution is 2.41. The molecule has 3 fully saturated rings. The summed E-state index contributed by atoms with van der Waals surface area (Å²) in [5.74, 6) is 1.24. The van der Waals surface area contributed by atoms with Crippen LogP contribution in [-0.4, -0.2) is 68.3 Å². The summed E-state index contributed by atoms with van der Waals surface area (Å²) in [6, 6.07) is 0.635. The third kappa shape index (κ3) is 3.28. The second kappa shape index (κ2) is 6.14. The first-order chi connectivity index (χ1) is 9.97. The van der Waals surface area contributed by atoms with Crippen LogP contribution in [0.4, 0.5) is 0 Å². The summed E-state index contributed by atoms with van der Waals surface area (Å²) in [6.07, 6.45) is 3.96. The van der Waals surface area contributed by atoms with Crippen molar-refractivity contribution in [1.82, 2.24) is 9.21 Å². The Kier molecular flexibility index (Phi) is 4.60. The summed E-state index contributed by atoms with van der Waals surface area (Å²) in [4.78, 5) is 2.60. The first-order valence-electron chi connectivity index (χ1n) is 8.31. The molecule has 122 valence electrons. The number of piperidine rings is 1. The van der Waals surface area contributed by atoms with Gasteiger partial charge >= 0.3 is 0 Å². The lowest BCUT2D eigenvalue weighted by Crippen LogP contribution is -2.41. The molecule has 0 amide bonds. The van der Waals surface area contributed by atoms with E-state index in [0.717, 1.165) is 19.6 Å². The van der Waals surface area contributed by atoms with Gasteiger partial charge in [-0.25, -0.2) is 12.7 Å². The Bertz CT molecular complexity index is 466. The quantitative estimate of drug-likeness (QED) is 0.764. The van der Waals surface area contributed by atoms with Crippen LogP contribution < -0.4 is 0 Å². The van der Waals surface area contributed by atoms with E-state index in [0.29, 0.717) is 24.5 Å². The van der Waals surface area contributed by atoms with Crippen LogP contribution in [0.15, 0.2) is 0 Å². The summed E-state index contributed by atoms with van der Waals surface area (Å²) >= 11 is 0. The molecule has 3 aliphatic heterocycles. The minimum absolute atomic E-state index is 0.0916. The molecule has 21 heavy (non-hydrogen) atoms. The number of ether oxygens (including phenoxy) is 1. The zero-order valence-electron chi connectivity index (χ0n) is 13.2. The van der Waals surface area contributed by atoms with E-state index in [1.165, 1.54) is 25.8 Å². The van der Waals surface area contributed by atoms with E-state index in [4.69, 9.17) is 4.74 Å². The molecule has 3 atom stereocenters. The Hall–Kier alpha value is -0.170. The number of hydrogen-bond acceptors (Lipinski definition) is 4. The van der Waals surface area contributed by atoms with Crippen LogP contribution in [0.3, 0.4) is 0 Å². The number of fused-ring (bicyclic) bond motifs is 3. The first-order valence-corrected chi connectivity index (χ1v) is 9.92. The summed E-state index contributed by atoms with van der Waals surface area (Å²) in [6.45, 7) is 7.95. The third-order valence-electron chi connectivity index (χ3n) is 5.27. The van der Waals surface area contributed by atoms with E-state index in [1.807, 2.05) is 13.8 Å². The molecule has 0 spiro atoms. The fourth-order valence-corrected chi connectivity index (χ4v) is 5.64. The van der Waals surface area contributed by atoms with Crippen LogP contribution in [0.5, 0.6) is 0 Å². The maximum absolute atomic E-state index is 12.4. The van der Waals surface area contributed by atoms with E-state index in [9.17, 15) is 8.42 Å². The molecule has 3 heterocycles. The Morgan fingerprint density at radius 3 is 2.76 bits per heavy atom. The van der Waals surface area contributed by atoms with Crippen molar-refractivity contribution in [1.29, 1.82) is 0 Å². The highest BCUT2D eigenvalue weighted by atomic mass is 32.2. The molecule has 3 unspecified atom stereocenters. The zero-order valence-corrected chi connectivity index (χ0v) is 14.0. The van der Waals surface area contributed by atoms with Crippen LogP contribution in [-0.2, 0) is 14.8 Å². The molecule has 0 aromatic heterocycles. The van der Waals surface area contributed by atoms with Crippen molar-refractivity contribution in [2.75, 3.05) is 38.5 Å². The summed E-state index contributed by atoms with van der Waals surface area (Å²) < 4.78 is 32.0. The van der Waals surface area contributed by atoms with Crippen molar-refractivity contribution < 1.29 is 13.2 Å². The first kappa shape index (κ1) is 15.7. The van der Waals surface area contributed by atoms with Gasteiger partial charge in [-0.2, -0.15) is 0 Å². The maximum Gasteiger partial charge on any atom is 0.216 e. The Labute approximate surface area is 128 Å². The fraction of sp³-hybridized carbons (Fsp3) is 1.00. The molecule has 3 aliphatic rings. The van der Waals surface area contributed by atoms with Crippen molar-refractivity contribution >= 4 is 10.0 Å². The molecule has 3 rings (SSSR count). The average molecular weight is 316 g/mol.